The second kappa shape index (κ2) is 17.8. The van der Waals surface area contributed by atoms with E-state index in [9.17, 15) is 0 Å². The van der Waals surface area contributed by atoms with Crippen LogP contribution >= 0.6 is 23.7 Å². The number of nitrogens with zero attached hydrogens (tertiary/aromatic N) is 7. The molecular weight excluding hydrogens is 759 g/mol. The summed E-state index contributed by atoms with van der Waals surface area (Å²) < 4.78 is 5.56. The van der Waals surface area contributed by atoms with Gasteiger partial charge in [0, 0.05) is 66.9 Å². The average Bonchev–Trinajstić information content (AvgIpc) is 3.79. The van der Waals surface area contributed by atoms with Crippen molar-refractivity contribution in [2.75, 3.05) is 53.0 Å². The summed E-state index contributed by atoms with van der Waals surface area (Å²) in [5.74, 6) is 3.74. The van der Waals surface area contributed by atoms with Gasteiger partial charge in [-0.05, 0) is 134 Å². The Morgan fingerprint density at radius 2 is 1.84 bits per heavy atom. The molecule has 0 unspecified atom stereocenters. The van der Waals surface area contributed by atoms with Crippen molar-refractivity contribution in [1.29, 1.82) is 0 Å². The van der Waals surface area contributed by atoms with E-state index in [0.717, 1.165) is 90.8 Å². The monoisotopic (exact) mass is 815 g/mol. The molecule has 0 amide bonds. The highest BCUT2D eigenvalue weighted by Gasteiger charge is 2.41. The van der Waals surface area contributed by atoms with E-state index in [1.54, 1.807) is 19.1 Å². The summed E-state index contributed by atoms with van der Waals surface area (Å²) in [4.78, 5) is 20.5. The van der Waals surface area contributed by atoms with Crippen LogP contribution in [0.5, 0.6) is 0 Å². The zero-order valence-electron chi connectivity index (χ0n) is 34.6. The van der Waals surface area contributed by atoms with Crippen molar-refractivity contribution in [3.8, 4) is 0 Å². The molecule has 8 rings (SSSR count). The number of hydrogen-bond donors (Lipinski definition) is 2. The van der Waals surface area contributed by atoms with Gasteiger partial charge in [-0.15, -0.1) is 22.0 Å². The Kier molecular flexibility index (Phi) is 12.4. The molecule has 0 bridgehead atoms. The van der Waals surface area contributed by atoms with Crippen LogP contribution in [0.3, 0.4) is 0 Å². The van der Waals surface area contributed by atoms with E-state index in [2.05, 4.69) is 121 Å². The van der Waals surface area contributed by atoms with Gasteiger partial charge in [0.1, 0.15) is 23.8 Å². The summed E-state index contributed by atoms with van der Waals surface area (Å²) in [7, 11) is 3.68. The van der Waals surface area contributed by atoms with Crippen LogP contribution < -0.4 is 20.0 Å². The number of nitrogens with one attached hydrogen (secondary N) is 2. The normalized spacial score (nSPS) is 17.6. The number of benzene rings is 3. The van der Waals surface area contributed by atoms with Crippen molar-refractivity contribution < 1.29 is 4.84 Å². The van der Waals surface area contributed by atoms with Gasteiger partial charge in [0.2, 0.25) is 0 Å². The first-order valence-corrected chi connectivity index (χ1v) is 22.7. The summed E-state index contributed by atoms with van der Waals surface area (Å²) in [6, 6.07) is 26.4. The summed E-state index contributed by atoms with van der Waals surface area (Å²) in [5.41, 5.74) is 12.5. The number of aryl methyl sites for hydroxylation is 1. The molecule has 58 heavy (non-hydrogen) atoms. The molecule has 1 aliphatic carbocycles. The zero-order valence-corrected chi connectivity index (χ0v) is 36.3. The number of pyridine rings is 1. The number of piperidine rings is 1. The molecule has 304 valence electrons. The van der Waals surface area contributed by atoms with Gasteiger partial charge in [0.25, 0.3) is 0 Å². The topological polar surface area (TPSA) is 86.6 Å². The largest absolute Gasteiger partial charge is 0.352 e. The van der Waals surface area contributed by atoms with Gasteiger partial charge in [-0.2, -0.15) is 0 Å². The van der Waals surface area contributed by atoms with Crippen LogP contribution in [0, 0.1) is 5.92 Å². The van der Waals surface area contributed by atoms with E-state index in [0.29, 0.717) is 0 Å². The van der Waals surface area contributed by atoms with Crippen LogP contribution in [0.2, 0.25) is 0 Å². The number of likely N-dealkylation sites (tertiary alicyclic amines) is 1. The average molecular weight is 816 g/mol. The number of anilines is 4. The maximum absolute atomic E-state index is 5.50. The van der Waals surface area contributed by atoms with E-state index in [-0.39, 0.29) is 5.41 Å². The van der Waals surface area contributed by atoms with Gasteiger partial charge in [0.15, 0.2) is 0 Å². The Hall–Kier alpha value is -4.49. The third-order valence-corrected chi connectivity index (χ3v) is 14.0. The smallest absolute Gasteiger partial charge is 0.136 e. The van der Waals surface area contributed by atoms with Crippen LogP contribution in [0.4, 0.5) is 23.0 Å². The van der Waals surface area contributed by atoms with Gasteiger partial charge < -0.3 is 19.1 Å². The molecule has 2 N–H and O–H groups in total. The van der Waals surface area contributed by atoms with Crippen LogP contribution in [-0.4, -0.2) is 57.6 Å². The molecule has 1 saturated heterocycles. The number of rotatable bonds is 16. The Morgan fingerprint density at radius 1 is 1.02 bits per heavy atom. The lowest BCUT2D eigenvalue weighted by Crippen LogP contribution is -2.38. The Balaban J connectivity index is 1.08. The molecule has 10 nitrogen and oxygen atoms in total. The molecule has 0 radical (unpaired) electrons. The summed E-state index contributed by atoms with van der Waals surface area (Å²) in [6.07, 6.45) is 10.9. The summed E-state index contributed by atoms with van der Waals surface area (Å²) >= 11 is 3.40. The number of para-hydroxylation sites is 1. The highest BCUT2D eigenvalue weighted by molar-refractivity contribution is 8.00. The number of aromatic nitrogens is 4. The highest BCUT2D eigenvalue weighted by atomic mass is 32.2. The second-order valence-electron chi connectivity index (χ2n) is 16.3. The molecule has 1 atom stereocenters. The quantitative estimate of drug-likeness (QED) is 0.0567. The van der Waals surface area contributed by atoms with Crippen molar-refractivity contribution in [3.05, 3.63) is 119 Å². The molecule has 2 fully saturated rings. The molecule has 3 aliphatic rings. The van der Waals surface area contributed by atoms with Gasteiger partial charge in [-0.25, -0.2) is 4.98 Å². The molecule has 3 aromatic carbocycles. The lowest BCUT2D eigenvalue weighted by molar-refractivity contribution is 0.176. The van der Waals surface area contributed by atoms with Crippen LogP contribution in [0.25, 0.3) is 5.70 Å². The lowest BCUT2D eigenvalue weighted by atomic mass is 9.62. The van der Waals surface area contributed by atoms with Gasteiger partial charge in [-0.3, -0.25) is 15.2 Å². The van der Waals surface area contributed by atoms with Gasteiger partial charge in [0.05, 0.1) is 24.2 Å². The fourth-order valence-corrected chi connectivity index (χ4v) is 10.3. The van der Waals surface area contributed by atoms with Crippen molar-refractivity contribution in [2.45, 2.75) is 87.2 Å². The first-order valence-electron chi connectivity index (χ1n) is 20.6. The van der Waals surface area contributed by atoms with Crippen LogP contribution in [0.15, 0.2) is 95.5 Å². The molecule has 2 aliphatic heterocycles. The standard InChI is InChI=1S/C46H57N9OS2/c1-7-54(29-34-15-17-37(18-16-34)51-58-41-14-9-8-13-40(41)50-56-5)43-24-36(46(19-11-20-46)26-45-49-47-31-52(45)4)25-44(48-43)55-30-39-38(33(55)3)22-35(23-42(39)57-6)28-53-21-10-12-32(2)27-53/h8-9,13-18,22-25,31-32,50-51H,3,7,10-12,19-21,26-30H2,1-2,4-6H3/t32-/m0/s1. The highest BCUT2D eigenvalue weighted by Crippen LogP contribution is 2.49. The SMILES string of the molecule is C=C1c2cc(CN3CCC[C@H](C)C3)cc(SC)c2CN1c1cc(C2(Cc3nncn3C)CCC2)cc(N(CC)Cc2ccc(NSc3ccccc3NOC)cc2)n1. The fraction of sp³-hybridized carbons (Fsp3) is 0.413. The number of thioether (sulfide) groups is 1. The summed E-state index contributed by atoms with van der Waals surface area (Å²) in [6.45, 7) is 15.0. The Morgan fingerprint density at radius 3 is 2.55 bits per heavy atom. The van der Waals surface area contributed by atoms with Crippen molar-refractivity contribution in [1.82, 2.24) is 24.6 Å². The van der Waals surface area contributed by atoms with Crippen molar-refractivity contribution in [2.24, 2.45) is 13.0 Å². The van der Waals surface area contributed by atoms with E-state index < -0.39 is 0 Å². The Labute approximate surface area is 352 Å². The number of fused-ring (bicyclic) bond motifs is 1. The molecular formula is C46H57N9OS2. The van der Waals surface area contributed by atoms with Crippen molar-refractivity contribution in [3.63, 3.8) is 0 Å². The molecule has 2 aromatic heterocycles. The van der Waals surface area contributed by atoms with Gasteiger partial charge in [-0.1, -0.05) is 44.2 Å². The first kappa shape index (κ1) is 40.3. The van der Waals surface area contributed by atoms with Crippen molar-refractivity contribution >= 4 is 52.4 Å². The predicted octanol–water partition coefficient (Wildman–Crippen LogP) is 9.94. The predicted molar refractivity (Wildman–Crippen MR) is 241 cm³/mol. The third-order valence-electron chi connectivity index (χ3n) is 12.3. The van der Waals surface area contributed by atoms with E-state index >= 15 is 0 Å². The minimum Gasteiger partial charge on any atom is -0.352 e. The minimum absolute atomic E-state index is 0.0217. The minimum atomic E-state index is -0.0217. The summed E-state index contributed by atoms with van der Waals surface area (Å²) in [5, 5.41) is 8.78. The lowest BCUT2D eigenvalue weighted by Gasteiger charge is -2.43. The van der Waals surface area contributed by atoms with E-state index in [1.165, 1.54) is 65.1 Å². The zero-order chi connectivity index (χ0) is 40.2. The Bertz CT molecular complexity index is 2220. The third kappa shape index (κ3) is 8.61. The first-order chi connectivity index (χ1) is 28.2. The van der Waals surface area contributed by atoms with E-state index in [4.69, 9.17) is 16.4 Å². The fourth-order valence-electron chi connectivity index (χ4n) is 8.87. The molecule has 0 spiro atoms. The van der Waals surface area contributed by atoms with Crippen LogP contribution in [0.1, 0.15) is 79.6 Å². The maximum atomic E-state index is 5.50. The molecule has 1 saturated carbocycles. The van der Waals surface area contributed by atoms with Gasteiger partial charge >= 0.3 is 0 Å². The second-order valence-corrected chi connectivity index (χ2v) is 18.0. The molecule has 12 heteroatoms. The molecule has 5 aromatic rings. The maximum Gasteiger partial charge on any atom is 0.136 e. The van der Waals surface area contributed by atoms with Crippen LogP contribution in [-0.2, 0) is 43.4 Å². The molecule has 4 heterocycles. The number of hydrogen-bond acceptors (Lipinski definition) is 11. The van der Waals surface area contributed by atoms with E-state index in [1.807, 2.05) is 36.3 Å².